The number of carbonyl (C=O) groups is 1. The minimum Gasteiger partial charge on any atom is -0.354 e. The van der Waals surface area contributed by atoms with E-state index in [4.69, 9.17) is 17.3 Å². The third-order valence-corrected chi connectivity index (χ3v) is 2.22. The van der Waals surface area contributed by atoms with Gasteiger partial charge < -0.3 is 11.1 Å². The van der Waals surface area contributed by atoms with Crippen molar-refractivity contribution in [3.63, 3.8) is 0 Å². The summed E-state index contributed by atoms with van der Waals surface area (Å²) >= 11 is 5.45. The Morgan fingerprint density at radius 2 is 2.07 bits per heavy atom. The number of nitrogens with one attached hydrogen (secondary N) is 1. The number of amides is 1. The van der Waals surface area contributed by atoms with Crippen LogP contribution in [0.15, 0.2) is 30.3 Å². The van der Waals surface area contributed by atoms with Gasteiger partial charge in [-0.3, -0.25) is 4.79 Å². The van der Waals surface area contributed by atoms with E-state index in [1.54, 1.807) is 0 Å². The van der Waals surface area contributed by atoms with Crippen LogP contribution < -0.4 is 11.1 Å². The molecule has 0 heterocycles. The van der Waals surface area contributed by atoms with Gasteiger partial charge in [0.15, 0.2) is 0 Å². The molecule has 0 saturated carbocycles. The summed E-state index contributed by atoms with van der Waals surface area (Å²) in [5, 5.41) is 2.66. The zero-order valence-electron chi connectivity index (χ0n) is 8.45. The van der Waals surface area contributed by atoms with Crippen molar-refractivity contribution < 1.29 is 4.79 Å². The molecule has 1 unspecified atom stereocenters. The number of nitrogens with two attached hydrogens (primary N) is 1. The van der Waals surface area contributed by atoms with Crippen LogP contribution in [0, 0.1) is 0 Å². The quantitative estimate of drug-likeness (QED) is 0.734. The topological polar surface area (TPSA) is 55.1 Å². The van der Waals surface area contributed by atoms with Crippen molar-refractivity contribution in [2.75, 3.05) is 12.4 Å². The zero-order chi connectivity index (χ0) is 11.1. The monoisotopic (exact) mass is 226 g/mol. The van der Waals surface area contributed by atoms with E-state index in [0.717, 1.165) is 5.56 Å². The van der Waals surface area contributed by atoms with Crippen molar-refractivity contribution in [1.82, 2.24) is 5.32 Å². The highest BCUT2D eigenvalue weighted by Crippen LogP contribution is 2.01. The smallest absolute Gasteiger partial charge is 0.237 e. The minimum atomic E-state index is -0.504. The van der Waals surface area contributed by atoms with Crippen molar-refractivity contribution >= 4 is 17.5 Å². The fourth-order valence-electron chi connectivity index (χ4n) is 1.26. The van der Waals surface area contributed by atoms with Gasteiger partial charge in [-0.15, -0.1) is 11.6 Å². The van der Waals surface area contributed by atoms with Gasteiger partial charge in [0.05, 0.1) is 6.04 Å². The molecule has 0 aliphatic heterocycles. The van der Waals surface area contributed by atoms with Gasteiger partial charge in [0.1, 0.15) is 0 Å². The van der Waals surface area contributed by atoms with E-state index in [1.807, 2.05) is 30.3 Å². The first-order valence-corrected chi connectivity index (χ1v) is 5.40. The first-order chi connectivity index (χ1) is 7.24. The highest BCUT2D eigenvalue weighted by molar-refractivity contribution is 6.18. The van der Waals surface area contributed by atoms with Crippen molar-refractivity contribution in [3.05, 3.63) is 35.9 Å². The maximum Gasteiger partial charge on any atom is 0.237 e. The lowest BCUT2D eigenvalue weighted by Gasteiger charge is -2.11. The Hall–Kier alpha value is -1.06. The van der Waals surface area contributed by atoms with Crippen LogP contribution in [0.4, 0.5) is 0 Å². The second-order valence-corrected chi connectivity index (χ2v) is 3.65. The van der Waals surface area contributed by atoms with E-state index in [0.29, 0.717) is 18.8 Å². The molecule has 0 aliphatic carbocycles. The molecule has 1 aromatic rings. The van der Waals surface area contributed by atoms with Crippen LogP contribution >= 0.6 is 11.6 Å². The van der Waals surface area contributed by atoms with Gasteiger partial charge in [0.2, 0.25) is 5.91 Å². The second-order valence-electron chi connectivity index (χ2n) is 3.28. The largest absolute Gasteiger partial charge is 0.354 e. The molecule has 0 aliphatic rings. The Balaban J connectivity index is 2.41. The van der Waals surface area contributed by atoms with Crippen molar-refractivity contribution in [2.45, 2.75) is 12.5 Å². The van der Waals surface area contributed by atoms with Crippen LogP contribution in [-0.2, 0) is 11.2 Å². The van der Waals surface area contributed by atoms with Crippen LogP contribution in [0.25, 0.3) is 0 Å². The van der Waals surface area contributed by atoms with E-state index < -0.39 is 6.04 Å². The van der Waals surface area contributed by atoms with Crippen molar-refractivity contribution in [2.24, 2.45) is 5.73 Å². The standard InChI is InChI=1S/C11H15ClN2O/c12-6-7-14-11(15)10(13)8-9-4-2-1-3-5-9/h1-5,10H,6-8,13H2,(H,14,15). The molecule has 3 N–H and O–H groups in total. The maximum absolute atomic E-state index is 11.4. The molecule has 1 atom stereocenters. The number of hydrogen-bond acceptors (Lipinski definition) is 2. The SMILES string of the molecule is NC(Cc1ccccc1)C(=O)NCCCl. The molecule has 1 amide bonds. The molecular weight excluding hydrogens is 212 g/mol. The van der Waals surface area contributed by atoms with Crippen LogP contribution in [0.3, 0.4) is 0 Å². The number of rotatable bonds is 5. The van der Waals surface area contributed by atoms with Gasteiger partial charge in [0.25, 0.3) is 0 Å². The lowest BCUT2D eigenvalue weighted by atomic mass is 10.1. The summed E-state index contributed by atoms with van der Waals surface area (Å²) < 4.78 is 0. The van der Waals surface area contributed by atoms with Gasteiger partial charge in [-0.1, -0.05) is 30.3 Å². The summed E-state index contributed by atoms with van der Waals surface area (Å²) in [5.74, 6) is 0.253. The molecule has 0 fully saturated rings. The van der Waals surface area contributed by atoms with Gasteiger partial charge in [-0.25, -0.2) is 0 Å². The molecule has 3 nitrogen and oxygen atoms in total. The Morgan fingerprint density at radius 3 is 2.67 bits per heavy atom. The summed E-state index contributed by atoms with van der Waals surface area (Å²) in [7, 11) is 0. The Kier molecular flexibility index (Phi) is 5.15. The molecule has 15 heavy (non-hydrogen) atoms. The summed E-state index contributed by atoms with van der Waals surface area (Å²) in [6, 6.07) is 9.19. The number of carbonyl (C=O) groups excluding carboxylic acids is 1. The fraction of sp³-hybridized carbons (Fsp3) is 0.364. The van der Waals surface area contributed by atoms with Gasteiger partial charge >= 0.3 is 0 Å². The first kappa shape index (κ1) is 12.0. The van der Waals surface area contributed by atoms with E-state index in [9.17, 15) is 4.79 Å². The molecule has 0 bridgehead atoms. The lowest BCUT2D eigenvalue weighted by molar-refractivity contribution is -0.122. The average Bonchev–Trinajstić information content (AvgIpc) is 2.27. The highest BCUT2D eigenvalue weighted by atomic mass is 35.5. The summed E-state index contributed by atoms with van der Waals surface area (Å²) in [6.07, 6.45) is 0.551. The predicted molar refractivity (Wildman–Crippen MR) is 61.9 cm³/mol. The van der Waals surface area contributed by atoms with Gasteiger partial charge in [-0.05, 0) is 12.0 Å². The summed E-state index contributed by atoms with van der Waals surface area (Å²) in [4.78, 5) is 11.4. The molecule has 4 heteroatoms. The third-order valence-electron chi connectivity index (χ3n) is 2.03. The number of halogens is 1. The zero-order valence-corrected chi connectivity index (χ0v) is 9.20. The molecule has 1 aromatic carbocycles. The van der Waals surface area contributed by atoms with Gasteiger partial charge in [0, 0.05) is 12.4 Å². The molecule has 0 aromatic heterocycles. The Labute approximate surface area is 94.6 Å². The molecule has 0 radical (unpaired) electrons. The first-order valence-electron chi connectivity index (χ1n) is 4.87. The van der Waals surface area contributed by atoms with Crippen LogP contribution in [0.5, 0.6) is 0 Å². The predicted octanol–water partition coefficient (Wildman–Crippen LogP) is 0.911. The van der Waals surface area contributed by atoms with Crippen LogP contribution in [-0.4, -0.2) is 24.4 Å². The second kappa shape index (κ2) is 6.43. The summed E-state index contributed by atoms with van der Waals surface area (Å²) in [6.45, 7) is 0.461. The Morgan fingerprint density at radius 1 is 1.40 bits per heavy atom. The van der Waals surface area contributed by atoms with E-state index >= 15 is 0 Å². The molecule has 82 valence electrons. The Bertz CT molecular complexity index is 303. The van der Waals surface area contributed by atoms with Crippen molar-refractivity contribution in [3.8, 4) is 0 Å². The van der Waals surface area contributed by atoms with E-state index in [1.165, 1.54) is 0 Å². The average molecular weight is 227 g/mol. The maximum atomic E-state index is 11.4. The van der Waals surface area contributed by atoms with E-state index in [-0.39, 0.29) is 5.91 Å². The molecule has 1 rings (SSSR count). The molecule has 0 saturated heterocycles. The normalized spacial score (nSPS) is 12.1. The van der Waals surface area contributed by atoms with Crippen LogP contribution in [0.1, 0.15) is 5.56 Å². The number of alkyl halides is 1. The fourth-order valence-corrected chi connectivity index (χ4v) is 1.36. The van der Waals surface area contributed by atoms with Crippen molar-refractivity contribution in [1.29, 1.82) is 0 Å². The minimum absolute atomic E-state index is 0.153. The van der Waals surface area contributed by atoms with E-state index in [2.05, 4.69) is 5.32 Å². The third kappa shape index (κ3) is 4.32. The molecular formula is C11H15ClN2O. The molecule has 0 spiro atoms. The summed E-state index contributed by atoms with van der Waals surface area (Å²) in [5.41, 5.74) is 6.80. The number of benzene rings is 1. The highest BCUT2D eigenvalue weighted by Gasteiger charge is 2.12. The van der Waals surface area contributed by atoms with Gasteiger partial charge in [-0.2, -0.15) is 0 Å². The number of hydrogen-bond donors (Lipinski definition) is 2. The lowest BCUT2D eigenvalue weighted by Crippen LogP contribution is -2.42. The van der Waals surface area contributed by atoms with Crippen LogP contribution in [0.2, 0.25) is 0 Å².